The van der Waals surface area contributed by atoms with E-state index in [9.17, 15) is 10.2 Å². The average Bonchev–Trinajstić information content (AvgIpc) is 2.93. The molecule has 0 heterocycles. The fraction of sp³-hybridized carbons (Fsp3) is 0.133. The van der Waals surface area contributed by atoms with Crippen molar-refractivity contribution in [3.05, 3.63) is 119 Å². The fourth-order valence-corrected chi connectivity index (χ4v) is 3.85. The highest BCUT2D eigenvalue weighted by atomic mass is 16.5. The minimum Gasteiger partial charge on any atom is -0.507 e. The first-order valence-electron chi connectivity index (χ1n) is 11.5. The number of ether oxygens (including phenoxy) is 2. The van der Waals surface area contributed by atoms with Crippen LogP contribution < -0.4 is 9.47 Å². The van der Waals surface area contributed by atoms with Crippen molar-refractivity contribution in [1.82, 2.24) is 0 Å². The molecule has 0 radical (unpaired) electrons. The summed E-state index contributed by atoms with van der Waals surface area (Å²) in [5.74, 6) is 1.45. The predicted molar refractivity (Wildman–Crippen MR) is 143 cm³/mol. The lowest BCUT2D eigenvalue weighted by atomic mass is 9.94. The van der Waals surface area contributed by atoms with Gasteiger partial charge in [0.25, 0.3) is 0 Å². The van der Waals surface area contributed by atoms with Crippen LogP contribution in [0, 0.1) is 0 Å². The molecule has 2 atom stereocenters. The van der Waals surface area contributed by atoms with Gasteiger partial charge in [-0.1, -0.05) is 60.7 Å². The molecule has 6 nitrogen and oxygen atoms in total. The topological polar surface area (TPSA) is 83.6 Å². The first-order valence-corrected chi connectivity index (χ1v) is 11.5. The average molecular weight is 481 g/mol. The van der Waals surface area contributed by atoms with Gasteiger partial charge in [0.2, 0.25) is 0 Å². The van der Waals surface area contributed by atoms with E-state index in [0.717, 1.165) is 11.1 Å². The van der Waals surface area contributed by atoms with E-state index >= 15 is 0 Å². The summed E-state index contributed by atoms with van der Waals surface area (Å²) in [4.78, 5) is 9.81. The number of rotatable bonds is 9. The van der Waals surface area contributed by atoms with Gasteiger partial charge in [0.05, 0.1) is 14.2 Å². The largest absolute Gasteiger partial charge is 0.507 e. The lowest BCUT2D eigenvalue weighted by molar-refractivity contribution is 0.412. The van der Waals surface area contributed by atoms with E-state index in [2.05, 4.69) is 0 Å². The Morgan fingerprint density at radius 2 is 0.972 bits per heavy atom. The second kappa shape index (κ2) is 11.7. The Kier molecular flexibility index (Phi) is 7.98. The molecule has 0 amide bonds. The van der Waals surface area contributed by atoms with Crippen LogP contribution in [0.4, 0.5) is 0 Å². The van der Waals surface area contributed by atoms with Crippen molar-refractivity contribution in [3.8, 4) is 23.0 Å². The maximum atomic E-state index is 10.4. The summed E-state index contributed by atoms with van der Waals surface area (Å²) in [6.45, 7) is 0. The number of phenols is 2. The first-order chi connectivity index (χ1) is 17.6. The molecule has 0 unspecified atom stereocenters. The van der Waals surface area contributed by atoms with Gasteiger partial charge in [0.1, 0.15) is 35.1 Å². The molecule has 2 N–H and O–H groups in total. The van der Waals surface area contributed by atoms with Crippen molar-refractivity contribution in [2.24, 2.45) is 9.98 Å². The summed E-state index contributed by atoms with van der Waals surface area (Å²) in [6, 6.07) is 28.9. The molecule has 4 rings (SSSR count). The molecule has 6 heteroatoms. The number of phenolic OH excluding ortho intramolecular Hbond substituents is 2. The van der Waals surface area contributed by atoms with Crippen LogP contribution in [0.5, 0.6) is 23.0 Å². The number of methoxy groups -OCH3 is 2. The highest BCUT2D eigenvalue weighted by Gasteiger charge is 2.23. The monoisotopic (exact) mass is 480 g/mol. The molecular formula is C30H28N2O4. The van der Waals surface area contributed by atoms with Crippen molar-refractivity contribution in [2.45, 2.75) is 12.1 Å². The zero-order valence-electron chi connectivity index (χ0n) is 20.2. The molecule has 0 spiro atoms. The van der Waals surface area contributed by atoms with Crippen LogP contribution in [-0.2, 0) is 0 Å². The number of nitrogens with zero attached hydrogens (tertiary/aromatic N) is 2. The normalized spacial score (nSPS) is 13.1. The van der Waals surface area contributed by atoms with Crippen LogP contribution in [0.15, 0.2) is 107 Å². The van der Waals surface area contributed by atoms with Crippen molar-refractivity contribution >= 4 is 12.4 Å². The molecule has 0 aliphatic heterocycles. The zero-order chi connectivity index (χ0) is 25.3. The zero-order valence-corrected chi connectivity index (χ0v) is 20.2. The van der Waals surface area contributed by atoms with Gasteiger partial charge in [-0.2, -0.15) is 0 Å². The highest BCUT2D eigenvalue weighted by Crippen LogP contribution is 2.36. The third-order valence-electron chi connectivity index (χ3n) is 5.80. The van der Waals surface area contributed by atoms with Gasteiger partial charge in [-0.25, -0.2) is 0 Å². The SMILES string of the molecule is COc1ccc(O)c(C=N[C@H](c2ccccc2)[C@H](N=Cc2cc(OC)ccc2O)c2ccccc2)c1. The second-order valence-corrected chi connectivity index (χ2v) is 8.12. The summed E-state index contributed by atoms with van der Waals surface area (Å²) in [5.41, 5.74) is 2.99. The minimum absolute atomic E-state index is 0.104. The third-order valence-corrected chi connectivity index (χ3v) is 5.80. The Balaban J connectivity index is 1.81. The molecule has 0 bridgehead atoms. The van der Waals surface area contributed by atoms with Crippen molar-refractivity contribution in [2.75, 3.05) is 14.2 Å². The summed E-state index contributed by atoms with van der Waals surface area (Å²) >= 11 is 0. The van der Waals surface area contributed by atoms with Crippen molar-refractivity contribution in [3.63, 3.8) is 0 Å². The highest BCUT2D eigenvalue weighted by molar-refractivity contribution is 5.85. The van der Waals surface area contributed by atoms with E-state index in [-0.39, 0.29) is 11.5 Å². The molecule has 0 aliphatic rings. The summed E-state index contributed by atoms with van der Waals surface area (Å²) < 4.78 is 10.6. The van der Waals surface area contributed by atoms with E-state index in [1.54, 1.807) is 63.0 Å². The Hall–Kier alpha value is -4.58. The first kappa shape index (κ1) is 24.5. The molecule has 0 fully saturated rings. The second-order valence-electron chi connectivity index (χ2n) is 8.12. The molecule has 0 saturated heterocycles. The number of aliphatic imine (C=N–C) groups is 2. The molecule has 4 aromatic rings. The van der Waals surface area contributed by atoms with Gasteiger partial charge in [0, 0.05) is 23.6 Å². The number of hydrogen-bond donors (Lipinski definition) is 2. The lowest BCUT2D eigenvalue weighted by Crippen LogP contribution is -2.09. The lowest BCUT2D eigenvalue weighted by Gasteiger charge is -2.22. The van der Waals surface area contributed by atoms with Gasteiger partial charge < -0.3 is 19.7 Å². The summed E-state index contributed by atoms with van der Waals surface area (Å²) in [7, 11) is 3.16. The Morgan fingerprint density at radius 3 is 1.33 bits per heavy atom. The van der Waals surface area contributed by atoms with E-state index in [0.29, 0.717) is 22.6 Å². The standard InChI is InChI=1S/C30H28N2O4/c1-35-25-13-15-27(33)23(17-25)19-31-29(21-9-5-3-6-10-21)30(22-11-7-4-8-12-22)32-20-24-18-26(36-2)14-16-28(24)34/h3-20,29-30,33-34H,1-2H3/t29-,30-/m1/s1. The number of benzene rings is 4. The molecule has 0 aromatic heterocycles. The van der Waals surface area contributed by atoms with E-state index in [1.165, 1.54) is 0 Å². The van der Waals surface area contributed by atoms with Crippen molar-refractivity contribution in [1.29, 1.82) is 0 Å². The van der Waals surface area contributed by atoms with Crippen LogP contribution >= 0.6 is 0 Å². The summed E-state index contributed by atoms with van der Waals surface area (Å²) in [6.07, 6.45) is 3.29. The maximum absolute atomic E-state index is 10.4. The number of hydrogen-bond acceptors (Lipinski definition) is 6. The molecule has 0 saturated carbocycles. The third kappa shape index (κ3) is 5.91. The molecular weight excluding hydrogens is 452 g/mol. The molecule has 36 heavy (non-hydrogen) atoms. The van der Waals surface area contributed by atoms with E-state index in [1.807, 2.05) is 60.7 Å². The van der Waals surface area contributed by atoms with Gasteiger partial charge in [0.15, 0.2) is 0 Å². The number of aromatic hydroxyl groups is 2. The molecule has 0 aliphatic carbocycles. The Bertz CT molecular complexity index is 1230. The van der Waals surface area contributed by atoms with Gasteiger partial charge >= 0.3 is 0 Å². The minimum atomic E-state index is -0.414. The van der Waals surface area contributed by atoms with E-state index < -0.39 is 12.1 Å². The Labute approximate surface area is 210 Å². The smallest absolute Gasteiger partial charge is 0.124 e. The molecule has 182 valence electrons. The van der Waals surface area contributed by atoms with Gasteiger partial charge in [-0.3, -0.25) is 9.98 Å². The van der Waals surface area contributed by atoms with Crippen LogP contribution in [-0.4, -0.2) is 36.9 Å². The Morgan fingerprint density at radius 1 is 0.583 bits per heavy atom. The van der Waals surface area contributed by atoms with E-state index in [4.69, 9.17) is 19.5 Å². The van der Waals surface area contributed by atoms with Gasteiger partial charge in [-0.15, -0.1) is 0 Å². The van der Waals surface area contributed by atoms with Crippen LogP contribution in [0.25, 0.3) is 0 Å². The quantitative estimate of drug-likeness (QED) is 0.282. The maximum Gasteiger partial charge on any atom is 0.124 e. The van der Waals surface area contributed by atoms with Crippen LogP contribution in [0.1, 0.15) is 34.3 Å². The van der Waals surface area contributed by atoms with Gasteiger partial charge in [-0.05, 0) is 47.5 Å². The van der Waals surface area contributed by atoms with Crippen LogP contribution in [0.2, 0.25) is 0 Å². The predicted octanol–water partition coefficient (Wildman–Crippen LogP) is 6.14. The fourth-order valence-electron chi connectivity index (χ4n) is 3.85. The van der Waals surface area contributed by atoms with Crippen LogP contribution in [0.3, 0.4) is 0 Å². The van der Waals surface area contributed by atoms with Crippen molar-refractivity contribution < 1.29 is 19.7 Å². The molecule has 4 aromatic carbocycles. The summed E-state index contributed by atoms with van der Waals surface area (Å²) in [5, 5.41) is 20.8.